The molecule has 104 valence electrons. The quantitative estimate of drug-likeness (QED) is 0.878. The molecule has 0 amide bonds. The Bertz CT molecular complexity index is 624. The maximum absolute atomic E-state index is 6.10. The van der Waals surface area contributed by atoms with Crippen molar-refractivity contribution in [1.29, 1.82) is 0 Å². The highest BCUT2D eigenvalue weighted by Gasteiger charge is 2.12. The fourth-order valence-electron chi connectivity index (χ4n) is 2.71. The van der Waals surface area contributed by atoms with Crippen LogP contribution in [0.3, 0.4) is 0 Å². The molecule has 0 radical (unpaired) electrons. The lowest BCUT2D eigenvalue weighted by Crippen LogP contribution is -2.06. The van der Waals surface area contributed by atoms with Gasteiger partial charge in [0.1, 0.15) is 0 Å². The number of nitrogens with one attached hydrogen (secondary N) is 1. The molecule has 2 aromatic carbocycles. The highest BCUT2D eigenvalue weighted by atomic mass is 35.5. The third-order valence-electron chi connectivity index (χ3n) is 3.69. The monoisotopic (exact) mass is 303 g/mol. The minimum atomic E-state index is 0.800. The summed E-state index contributed by atoms with van der Waals surface area (Å²) in [5.41, 5.74) is 4.31. The number of rotatable bonds is 4. The van der Waals surface area contributed by atoms with Gasteiger partial charge in [0.15, 0.2) is 0 Å². The van der Waals surface area contributed by atoms with Crippen LogP contribution in [-0.2, 0) is 19.4 Å². The minimum Gasteiger partial charge on any atom is -0.316 e. The number of fused-ring (bicyclic) bond motifs is 1. The third-order valence-corrected chi connectivity index (χ3v) is 5.03. The Kier molecular flexibility index (Phi) is 4.35. The van der Waals surface area contributed by atoms with Gasteiger partial charge in [-0.05, 0) is 73.3 Å². The van der Waals surface area contributed by atoms with Gasteiger partial charge in [-0.2, -0.15) is 0 Å². The number of halogens is 1. The molecule has 20 heavy (non-hydrogen) atoms. The molecule has 0 aliphatic heterocycles. The van der Waals surface area contributed by atoms with E-state index in [1.54, 1.807) is 0 Å². The van der Waals surface area contributed by atoms with Crippen molar-refractivity contribution in [1.82, 2.24) is 5.32 Å². The molecule has 1 nitrogen and oxygen atoms in total. The average Bonchev–Trinajstić information content (AvgIpc) is 2.89. The van der Waals surface area contributed by atoms with Crippen molar-refractivity contribution in [3.63, 3.8) is 0 Å². The van der Waals surface area contributed by atoms with Crippen LogP contribution in [0.4, 0.5) is 0 Å². The molecule has 3 heteroatoms. The molecule has 0 aromatic heterocycles. The Morgan fingerprint density at radius 3 is 2.80 bits per heavy atom. The molecule has 0 saturated carbocycles. The van der Waals surface area contributed by atoms with Gasteiger partial charge in [-0.3, -0.25) is 0 Å². The van der Waals surface area contributed by atoms with E-state index in [2.05, 4.69) is 29.6 Å². The fraction of sp³-hybridized carbons (Fsp3) is 0.294. The molecule has 0 saturated heterocycles. The van der Waals surface area contributed by atoms with Gasteiger partial charge in [0, 0.05) is 21.4 Å². The van der Waals surface area contributed by atoms with Gasteiger partial charge >= 0.3 is 0 Å². The lowest BCUT2D eigenvalue weighted by atomic mass is 10.1. The van der Waals surface area contributed by atoms with Gasteiger partial charge in [-0.1, -0.05) is 29.4 Å². The Hall–Kier alpha value is -0.960. The number of hydrogen-bond donors (Lipinski definition) is 1. The van der Waals surface area contributed by atoms with E-state index >= 15 is 0 Å². The van der Waals surface area contributed by atoms with Gasteiger partial charge in [-0.25, -0.2) is 0 Å². The first-order chi connectivity index (χ1) is 9.76. The zero-order valence-corrected chi connectivity index (χ0v) is 13.2. The molecule has 0 fully saturated rings. The van der Waals surface area contributed by atoms with Crippen LogP contribution in [-0.4, -0.2) is 7.05 Å². The summed E-state index contributed by atoms with van der Waals surface area (Å²) in [5, 5.41) is 4.01. The second-order valence-corrected chi connectivity index (χ2v) is 6.72. The summed E-state index contributed by atoms with van der Waals surface area (Å²) in [7, 11) is 1.96. The second kappa shape index (κ2) is 6.21. The minimum absolute atomic E-state index is 0.800. The van der Waals surface area contributed by atoms with Crippen molar-refractivity contribution in [2.45, 2.75) is 35.6 Å². The predicted molar refractivity (Wildman–Crippen MR) is 86.8 cm³/mol. The number of aryl methyl sites for hydroxylation is 2. The lowest BCUT2D eigenvalue weighted by Gasteiger charge is -2.10. The SMILES string of the molecule is CNCc1cc(Cl)ccc1Sc1ccc2c(c1)CCC2. The normalized spacial score (nSPS) is 13.5. The van der Waals surface area contributed by atoms with Crippen LogP contribution in [0, 0.1) is 0 Å². The van der Waals surface area contributed by atoms with E-state index in [0.29, 0.717) is 0 Å². The van der Waals surface area contributed by atoms with E-state index in [-0.39, 0.29) is 0 Å². The summed E-state index contributed by atoms with van der Waals surface area (Å²) < 4.78 is 0. The number of hydrogen-bond acceptors (Lipinski definition) is 2. The first kappa shape index (κ1) is 14.0. The summed E-state index contributed by atoms with van der Waals surface area (Å²) in [5.74, 6) is 0. The molecule has 0 bridgehead atoms. The van der Waals surface area contributed by atoms with Crippen molar-refractivity contribution in [3.05, 3.63) is 58.1 Å². The van der Waals surface area contributed by atoms with E-state index in [4.69, 9.17) is 11.6 Å². The van der Waals surface area contributed by atoms with E-state index in [1.807, 2.05) is 30.9 Å². The average molecular weight is 304 g/mol. The molecule has 0 spiro atoms. The van der Waals surface area contributed by atoms with Crippen LogP contribution in [0.25, 0.3) is 0 Å². The summed E-state index contributed by atoms with van der Waals surface area (Å²) in [6, 6.07) is 13.0. The summed E-state index contributed by atoms with van der Waals surface area (Å²) in [6.45, 7) is 0.841. The standard InChI is InChI=1S/C17H18ClNS/c1-19-11-14-9-15(18)6-8-17(14)20-16-7-5-12-3-2-4-13(12)10-16/h5-10,19H,2-4,11H2,1H3. The zero-order chi connectivity index (χ0) is 13.9. The first-order valence-electron chi connectivity index (χ1n) is 6.99. The van der Waals surface area contributed by atoms with Crippen molar-refractivity contribution in [3.8, 4) is 0 Å². The first-order valence-corrected chi connectivity index (χ1v) is 8.18. The van der Waals surface area contributed by atoms with E-state index in [0.717, 1.165) is 11.6 Å². The molecule has 3 rings (SSSR count). The molecule has 2 aromatic rings. The van der Waals surface area contributed by atoms with Gasteiger partial charge < -0.3 is 5.32 Å². The van der Waals surface area contributed by atoms with E-state index in [9.17, 15) is 0 Å². The lowest BCUT2D eigenvalue weighted by molar-refractivity contribution is 0.803. The second-order valence-electron chi connectivity index (χ2n) is 5.17. The van der Waals surface area contributed by atoms with Crippen molar-refractivity contribution < 1.29 is 0 Å². The van der Waals surface area contributed by atoms with Crippen LogP contribution >= 0.6 is 23.4 Å². The van der Waals surface area contributed by atoms with Crippen molar-refractivity contribution in [2.24, 2.45) is 0 Å². The summed E-state index contributed by atoms with van der Waals surface area (Å²) in [4.78, 5) is 2.60. The molecule has 1 aliphatic rings. The maximum Gasteiger partial charge on any atom is 0.0410 e. The smallest absolute Gasteiger partial charge is 0.0410 e. The van der Waals surface area contributed by atoms with Gasteiger partial charge in [-0.15, -0.1) is 0 Å². The Morgan fingerprint density at radius 2 is 1.95 bits per heavy atom. The van der Waals surface area contributed by atoms with Crippen LogP contribution in [0.1, 0.15) is 23.1 Å². The zero-order valence-electron chi connectivity index (χ0n) is 11.6. The highest BCUT2D eigenvalue weighted by Crippen LogP contribution is 2.34. The van der Waals surface area contributed by atoms with Crippen LogP contribution < -0.4 is 5.32 Å². The maximum atomic E-state index is 6.10. The molecular formula is C17H18ClNS. The van der Waals surface area contributed by atoms with Crippen LogP contribution in [0.2, 0.25) is 5.02 Å². The molecule has 1 N–H and O–H groups in total. The molecular weight excluding hydrogens is 286 g/mol. The molecule has 0 heterocycles. The van der Waals surface area contributed by atoms with Crippen LogP contribution in [0.5, 0.6) is 0 Å². The van der Waals surface area contributed by atoms with E-state index in [1.165, 1.54) is 45.7 Å². The highest BCUT2D eigenvalue weighted by molar-refractivity contribution is 7.99. The predicted octanol–water partition coefficient (Wildman–Crippen LogP) is 4.70. The van der Waals surface area contributed by atoms with Crippen molar-refractivity contribution in [2.75, 3.05) is 7.05 Å². The number of benzene rings is 2. The fourth-order valence-corrected chi connectivity index (χ4v) is 3.90. The van der Waals surface area contributed by atoms with Gasteiger partial charge in [0.05, 0.1) is 0 Å². The van der Waals surface area contributed by atoms with Crippen LogP contribution in [0.15, 0.2) is 46.2 Å². The third kappa shape index (κ3) is 3.03. The Balaban J connectivity index is 1.87. The Labute approximate surface area is 129 Å². The molecule has 0 atom stereocenters. The van der Waals surface area contributed by atoms with Gasteiger partial charge in [0.2, 0.25) is 0 Å². The molecule has 1 aliphatic carbocycles. The molecule has 0 unspecified atom stereocenters. The summed E-state index contributed by atoms with van der Waals surface area (Å²) >= 11 is 7.93. The largest absolute Gasteiger partial charge is 0.316 e. The van der Waals surface area contributed by atoms with E-state index < -0.39 is 0 Å². The summed E-state index contributed by atoms with van der Waals surface area (Å²) in [6.07, 6.45) is 3.77. The topological polar surface area (TPSA) is 12.0 Å². The van der Waals surface area contributed by atoms with Gasteiger partial charge in [0.25, 0.3) is 0 Å². The van der Waals surface area contributed by atoms with Crippen molar-refractivity contribution >= 4 is 23.4 Å². The Morgan fingerprint density at radius 1 is 1.10 bits per heavy atom.